The van der Waals surface area contributed by atoms with Crippen molar-refractivity contribution in [1.29, 1.82) is 0 Å². The molecule has 0 radical (unpaired) electrons. The van der Waals surface area contributed by atoms with Gasteiger partial charge in [0.25, 0.3) is 0 Å². The fourth-order valence-electron chi connectivity index (χ4n) is 4.11. The van der Waals surface area contributed by atoms with Crippen LogP contribution in [0.25, 0.3) is 11.1 Å². The van der Waals surface area contributed by atoms with E-state index < -0.39 is 11.8 Å². The molecule has 1 aliphatic carbocycles. The smallest absolute Gasteiger partial charge is 0.141 e. The summed E-state index contributed by atoms with van der Waals surface area (Å²) in [5.41, 5.74) is 4.79. The minimum atomic E-state index is -1.31. The molecule has 0 aliphatic heterocycles. The van der Waals surface area contributed by atoms with Crippen molar-refractivity contribution in [2.24, 2.45) is 5.41 Å². The second kappa shape index (κ2) is 10.0. The van der Waals surface area contributed by atoms with Crippen molar-refractivity contribution in [1.82, 2.24) is 0 Å². The SMILES string of the molecule is CC(/C=C/C(F)=C(/C)c1cc2c(c(Br)c1OC(C)C)C(C)(C)CC=C2C(C)(C)C)=C\C(=O)[O-]. The summed E-state index contributed by atoms with van der Waals surface area (Å²) in [7, 11) is 0. The Morgan fingerprint density at radius 1 is 1.24 bits per heavy atom. The van der Waals surface area contributed by atoms with Crippen molar-refractivity contribution in [2.75, 3.05) is 0 Å². The van der Waals surface area contributed by atoms with E-state index in [0.29, 0.717) is 22.5 Å². The average Bonchev–Trinajstić information content (AvgIpc) is 2.65. The summed E-state index contributed by atoms with van der Waals surface area (Å²) >= 11 is 3.83. The largest absolute Gasteiger partial charge is 0.545 e. The molecule has 1 aliphatic rings. The maximum atomic E-state index is 15.3. The summed E-state index contributed by atoms with van der Waals surface area (Å²) in [4.78, 5) is 10.7. The number of aliphatic carboxylic acids is 1. The van der Waals surface area contributed by atoms with Gasteiger partial charge in [0.15, 0.2) is 0 Å². The topological polar surface area (TPSA) is 49.4 Å². The van der Waals surface area contributed by atoms with Crippen molar-refractivity contribution in [3.63, 3.8) is 0 Å². The van der Waals surface area contributed by atoms with Gasteiger partial charge in [-0.05, 0) is 107 Å². The predicted octanol–water partition coefficient (Wildman–Crippen LogP) is 7.30. The van der Waals surface area contributed by atoms with E-state index in [1.807, 2.05) is 19.9 Å². The highest BCUT2D eigenvalue weighted by atomic mass is 79.9. The highest BCUT2D eigenvalue weighted by Crippen LogP contribution is 2.52. The number of carboxylic acids is 1. The summed E-state index contributed by atoms with van der Waals surface area (Å²) in [5, 5.41) is 10.7. The number of hydrogen-bond donors (Lipinski definition) is 0. The van der Waals surface area contributed by atoms with Crippen LogP contribution in [-0.4, -0.2) is 12.1 Å². The highest BCUT2D eigenvalue weighted by molar-refractivity contribution is 9.10. The van der Waals surface area contributed by atoms with Crippen LogP contribution >= 0.6 is 15.9 Å². The number of benzene rings is 1. The summed E-state index contributed by atoms with van der Waals surface area (Å²) in [6, 6.07) is 2.04. The van der Waals surface area contributed by atoms with E-state index in [1.165, 1.54) is 23.3 Å². The Bertz CT molecular complexity index is 1060. The fourth-order valence-corrected chi connectivity index (χ4v) is 5.16. The number of rotatable bonds is 6. The molecule has 1 aromatic rings. The molecule has 0 unspecified atom stereocenters. The normalized spacial score (nSPS) is 17.1. The van der Waals surface area contributed by atoms with Crippen LogP contribution in [0.2, 0.25) is 0 Å². The molecule has 0 bridgehead atoms. The Balaban J connectivity index is 2.82. The van der Waals surface area contributed by atoms with Crippen LogP contribution in [0.5, 0.6) is 5.75 Å². The molecule has 0 amide bonds. The number of halogens is 2. The third-order valence-corrected chi connectivity index (χ3v) is 6.52. The van der Waals surface area contributed by atoms with E-state index in [-0.39, 0.29) is 16.9 Å². The Morgan fingerprint density at radius 3 is 2.36 bits per heavy atom. The number of carbonyl (C=O) groups excluding carboxylic acids is 1. The molecule has 0 atom stereocenters. The lowest BCUT2D eigenvalue weighted by molar-refractivity contribution is -0.297. The van der Waals surface area contributed by atoms with Crippen molar-refractivity contribution >= 4 is 33.0 Å². The number of fused-ring (bicyclic) bond motifs is 1. The Hall–Kier alpha value is -2.14. The Labute approximate surface area is 206 Å². The molecular formula is C28H35BrFO3-. The monoisotopic (exact) mass is 517 g/mol. The third kappa shape index (κ3) is 6.26. The zero-order valence-electron chi connectivity index (χ0n) is 21.2. The molecule has 0 saturated heterocycles. The molecule has 1 aromatic carbocycles. The van der Waals surface area contributed by atoms with Gasteiger partial charge in [0.1, 0.15) is 11.6 Å². The lowest BCUT2D eigenvalue weighted by atomic mass is 9.67. The van der Waals surface area contributed by atoms with E-state index in [0.717, 1.165) is 22.5 Å². The third-order valence-electron chi connectivity index (χ3n) is 5.77. The first kappa shape index (κ1) is 27.1. The molecule has 0 N–H and O–H groups in total. The molecule has 0 saturated carbocycles. The van der Waals surface area contributed by atoms with Gasteiger partial charge >= 0.3 is 0 Å². The van der Waals surface area contributed by atoms with Crippen molar-refractivity contribution in [2.45, 2.75) is 80.3 Å². The molecule has 0 heterocycles. The van der Waals surface area contributed by atoms with E-state index in [2.05, 4.69) is 56.6 Å². The van der Waals surface area contributed by atoms with Gasteiger partial charge in [-0.3, -0.25) is 0 Å². The number of carboxylic acid groups (broad SMARTS) is 1. The second-order valence-corrected chi connectivity index (χ2v) is 11.4. The molecule has 2 rings (SSSR count). The average molecular weight is 518 g/mol. The number of carbonyl (C=O) groups is 1. The predicted molar refractivity (Wildman–Crippen MR) is 137 cm³/mol. The van der Waals surface area contributed by atoms with Gasteiger partial charge in [0.2, 0.25) is 0 Å². The minimum absolute atomic E-state index is 0.0782. The van der Waals surface area contributed by atoms with Crippen LogP contribution in [0.3, 0.4) is 0 Å². The number of hydrogen-bond acceptors (Lipinski definition) is 3. The standard InChI is InChI=1S/C28H36BrFO3/c1-16(2)33-26-19(18(4)22(30)11-10-17(3)14-23(31)32)15-20-21(27(5,6)7)12-13-28(8,9)24(20)25(26)29/h10-12,14-16H,13H2,1-9H3,(H,31,32)/p-1/b11-10+,17-14+,22-18+. The van der Waals surface area contributed by atoms with Crippen LogP contribution in [0.4, 0.5) is 4.39 Å². The maximum Gasteiger partial charge on any atom is 0.141 e. The molecule has 0 aromatic heterocycles. The van der Waals surface area contributed by atoms with E-state index in [1.54, 1.807) is 13.8 Å². The molecule has 0 spiro atoms. The first-order chi connectivity index (χ1) is 15.1. The Kier molecular flexibility index (Phi) is 8.22. The van der Waals surface area contributed by atoms with Crippen LogP contribution in [0.1, 0.15) is 85.4 Å². The summed E-state index contributed by atoms with van der Waals surface area (Å²) in [5.74, 6) is -1.15. The molecule has 3 nitrogen and oxygen atoms in total. The Morgan fingerprint density at radius 2 is 1.85 bits per heavy atom. The van der Waals surface area contributed by atoms with Gasteiger partial charge in [-0.15, -0.1) is 0 Å². The molecule has 180 valence electrons. The lowest BCUT2D eigenvalue weighted by Crippen LogP contribution is -2.26. The van der Waals surface area contributed by atoms with Crippen LogP contribution in [-0.2, 0) is 10.2 Å². The van der Waals surface area contributed by atoms with Crippen molar-refractivity contribution in [3.8, 4) is 5.75 Å². The van der Waals surface area contributed by atoms with Crippen LogP contribution in [0, 0.1) is 5.41 Å². The van der Waals surface area contributed by atoms with Gasteiger partial charge in [0.05, 0.1) is 16.5 Å². The first-order valence-corrected chi connectivity index (χ1v) is 12.0. The fraction of sp³-hybridized carbons (Fsp3) is 0.464. The summed E-state index contributed by atoms with van der Waals surface area (Å²) in [6.45, 7) is 18.2. The first-order valence-electron chi connectivity index (χ1n) is 11.2. The zero-order chi connectivity index (χ0) is 25.3. The van der Waals surface area contributed by atoms with Crippen LogP contribution in [0.15, 0.2) is 46.2 Å². The molecule has 33 heavy (non-hydrogen) atoms. The van der Waals surface area contributed by atoms with Crippen molar-refractivity contribution in [3.05, 3.63) is 62.9 Å². The van der Waals surface area contributed by atoms with Gasteiger partial charge < -0.3 is 14.6 Å². The van der Waals surface area contributed by atoms with Crippen LogP contribution < -0.4 is 9.84 Å². The zero-order valence-corrected chi connectivity index (χ0v) is 22.7. The summed E-state index contributed by atoms with van der Waals surface area (Å²) < 4.78 is 22.3. The van der Waals surface area contributed by atoms with Gasteiger partial charge in [-0.2, -0.15) is 0 Å². The molecule has 5 heteroatoms. The van der Waals surface area contributed by atoms with Gasteiger partial charge in [-0.25, -0.2) is 4.39 Å². The molecule has 0 fully saturated rings. The van der Waals surface area contributed by atoms with Crippen molar-refractivity contribution < 1.29 is 19.0 Å². The number of ether oxygens (including phenoxy) is 1. The minimum Gasteiger partial charge on any atom is -0.545 e. The number of allylic oxidation sites excluding steroid dienone is 7. The highest BCUT2D eigenvalue weighted by Gasteiger charge is 2.36. The molecular weight excluding hydrogens is 483 g/mol. The van der Waals surface area contributed by atoms with E-state index in [4.69, 9.17) is 4.74 Å². The van der Waals surface area contributed by atoms with Gasteiger partial charge in [0, 0.05) is 5.56 Å². The lowest BCUT2D eigenvalue weighted by Gasteiger charge is -2.38. The summed E-state index contributed by atoms with van der Waals surface area (Å²) in [6.07, 6.45) is 6.74. The van der Waals surface area contributed by atoms with Gasteiger partial charge in [-0.1, -0.05) is 46.8 Å². The maximum absolute atomic E-state index is 15.3. The quantitative estimate of drug-likeness (QED) is 0.293. The second-order valence-electron chi connectivity index (χ2n) is 10.6. The van der Waals surface area contributed by atoms with E-state index in [9.17, 15) is 9.90 Å². The van der Waals surface area contributed by atoms with E-state index >= 15 is 4.39 Å².